The van der Waals surface area contributed by atoms with Crippen LogP contribution in [0.4, 0.5) is 0 Å². The van der Waals surface area contributed by atoms with Gasteiger partial charge < -0.3 is 15.4 Å². The molecule has 0 bridgehead atoms. The summed E-state index contributed by atoms with van der Waals surface area (Å²) in [4.78, 5) is 27.7. The lowest BCUT2D eigenvalue weighted by Gasteiger charge is -2.14. The maximum absolute atomic E-state index is 12.0. The van der Waals surface area contributed by atoms with Crippen LogP contribution in [0.5, 0.6) is 0 Å². The van der Waals surface area contributed by atoms with Crippen molar-refractivity contribution in [3.05, 3.63) is 65.5 Å². The molecule has 0 spiro atoms. The van der Waals surface area contributed by atoms with E-state index in [9.17, 15) is 9.59 Å². The molecule has 1 aliphatic carbocycles. The zero-order valence-corrected chi connectivity index (χ0v) is 13.9. The van der Waals surface area contributed by atoms with E-state index in [-0.39, 0.29) is 31.1 Å². The number of carbonyl (C=O) groups is 2. The van der Waals surface area contributed by atoms with Gasteiger partial charge in [0.2, 0.25) is 11.8 Å². The molecule has 0 aliphatic heterocycles. The third-order valence-corrected chi connectivity index (χ3v) is 4.15. The summed E-state index contributed by atoms with van der Waals surface area (Å²) in [5.74, 6) is -0.468. The molecule has 0 saturated carbocycles. The van der Waals surface area contributed by atoms with Crippen molar-refractivity contribution in [2.75, 3.05) is 13.2 Å². The number of ether oxygens (including phenoxy) is 1. The Balaban J connectivity index is 1.35. The van der Waals surface area contributed by atoms with Crippen molar-refractivity contribution >= 4 is 11.8 Å². The molecule has 1 unspecified atom stereocenters. The molecule has 1 atom stereocenters. The Kier molecular flexibility index (Phi) is 5.74. The van der Waals surface area contributed by atoms with Crippen LogP contribution in [0.3, 0.4) is 0 Å². The van der Waals surface area contributed by atoms with Gasteiger partial charge in [0, 0.05) is 18.9 Å². The predicted octanol–water partition coefficient (Wildman–Crippen LogP) is 1.52. The van der Waals surface area contributed by atoms with Gasteiger partial charge in [-0.25, -0.2) is 0 Å². The fraction of sp³-hybridized carbons (Fsp3) is 0.316. The number of aromatic nitrogens is 1. The van der Waals surface area contributed by atoms with E-state index in [1.807, 2.05) is 30.3 Å². The second-order valence-corrected chi connectivity index (χ2v) is 5.99. The fourth-order valence-electron chi connectivity index (χ4n) is 2.93. The van der Waals surface area contributed by atoms with Crippen LogP contribution < -0.4 is 10.6 Å². The summed E-state index contributed by atoms with van der Waals surface area (Å²) >= 11 is 0. The van der Waals surface area contributed by atoms with Crippen molar-refractivity contribution in [3.8, 4) is 0 Å². The molecule has 6 nitrogen and oxygen atoms in total. The highest BCUT2D eigenvalue weighted by Crippen LogP contribution is 2.30. The van der Waals surface area contributed by atoms with E-state index in [0.29, 0.717) is 6.54 Å². The minimum Gasteiger partial charge on any atom is -0.362 e. The highest BCUT2D eigenvalue weighted by Gasteiger charge is 2.23. The fourth-order valence-corrected chi connectivity index (χ4v) is 2.93. The molecule has 3 rings (SSSR count). The Morgan fingerprint density at radius 3 is 2.80 bits per heavy atom. The van der Waals surface area contributed by atoms with Crippen LogP contribution in [0.15, 0.2) is 48.8 Å². The number of hydrogen-bond acceptors (Lipinski definition) is 4. The number of nitrogens with zero attached hydrogens (tertiary/aromatic N) is 1. The van der Waals surface area contributed by atoms with Gasteiger partial charge in [-0.1, -0.05) is 30.3 Å². The molecule has 25 heavy (non-hydrogen) atoms. The van der Waals surface area contributed by atoms with Crippen molar-refractivity contribution in [2.45, 2.75) is 25.4 Å². The van der Waals surface area contributed by atoms with Crippen LogP contribution in [-0.4, -0.2) is 30.0 Å². The number of pyridine rings is 1. The van der Waals surface area contributed by atoms with Crippen LogP contribution in [0.2, 0.25) is 0 Å². The summed E-state index contributed by atoms with van der Waals surface area (Å²) in [7, 11) is 0. The largest absolute Gasteiger partial charge is 0.362 e. The number of fused-ring (bicyclic) bond motifs is 1. The van der Waals surface area contributed by atoms with Crippen LogP contribution in [0, 0.1) is 0 Å². The molecular weight excluding hydrogens is 318 g/mol. The highest BCUT2D eigenvalue weighted by atomic mass is 16.5. The molecule has 0 saturated heterocycles. The lowest BCUT2D eigenvalue weighted by Crippen LogP contribution is -2.33. The first-order valence-electron chi connectivity index (χ1n) is 8.33. The van der Waals surface area contributed by atoms with E-state index in [2.05, 4.69) is 21.7 Å². The van der Waals surface area contributed by atoms with Crippen molar-refractivity contribution in [1.29, 1.82) is 0 Å². The summed E-state index contributed by atoms with van der Waals surface area (Å²) < 4.78 is 5.20. The Morgan fingerprint density at radius 2 is 1.96 bits per heavy atom. The Morgan fingerprint density at radius 1 is 1.12 bits per heavy atom. The zero-order chi connectivity index (χ0) is 17.5. The molecule has 1 aromatic carbocycles. The first-order valence-corrected chi connectivity index (χ1v) is 8.33. The number of aryl methyl sites for hydroxylation is 1. The summed E-state index contributed by atoms with van der Waals surface area (Å²) in [6, 6.07) is 11.8. The minimum atomic E-state index is -0.261. The number of carbonyl (C=O) groups excluding carboxylic acids is 2. The van der Waals surface area contributed by atoms with E-state index >= 15 is 0 Å². The molecule has 2 aromatic rings. The van der Waals surface area contributed by atoms with Crippen molar-refractivity contribution < 1.29 is 14.3 Å². The molecule has 2 amide bonds. The van der Waals surface area contributed by atoms with Crippen molar-refractivity contribution in [1.82, 2.24) is 15.6 Å². The molecule has 130 valence electrons. The number of rotatable bonds is 7. The molecular formula is C19H21N3O3. The van der Waals surface area contributed by atoms with Gasteiger partial charge in [0.25, 0.3) is 0 Å². The summed E-state index contributed by atoms with van der Waals surface area (Å²) in [5.41, 5.74) is 3.36. The lowest BCUT2D eigenvalue weighted by molar-refractivity contribution is -0.131. The van der Waals surface area contributed by atoms with Gasteiger partial charge in [-0.3, -0.25) is 14.6 Å². The van der Waals surface area contributed by atoms with E-state index in [4.69, 9.17) is 4.74 Å². The summed E-state index contributed by atoms with van der Waals surface area (Å²) in [6.07, 6.45) is 5.24. The Bertz CT molecular complexity index is 734. The van der Waals surface area contributed by atoms with Crippen LogP contribution in [-0.2, 0) is 27.3 Å². The van der Waals surface area contributed by atoms with E-state index in [1.54, 1.807) is 12.4 Å². The maximum atomic E-state index is 12.0. The third kappa shape index (κ3) is 4.87. The molecule has 1 aliphatic rings. The van der Waals surface area contributed by atoms with Gasteiger partial charge in [-0.15, -0.1) is 0 Å². The van der Waals surface area contributed by atoms with Crippen molar-refractivity contribution in [3.63, 3.8) is 0 Å². The molecule has 0 fully saturated rings. The first-order chi connectivity index (χ1) is 12.2. The Hall–Kier alpha value is -2.73. The van der Waals surface area contributed by atoms with Gasteiger partial charge in [-0.2, -0.15) is 0 Å². The minimum absolute atomic E-state index is 0.0340. The molecule has 1 aromatic heterocycles. The first kappa shape index (κ1) is 17.1. The van der Waals surface area contributed by atoms with Crippen molar-refractivity contribution in [2.24, 2.45) is 0 Å². The SMILES string of the molecule is O=C(COCC(=O)NC1CCc2ccccc21)NCc1cccnc1. The van der Waals surface area contributed by atoms with Gasteiger partial charge >= 0.3 is 0 Å². The molecule has 6 heteroatoms. The van der Waals surface area contributed by atoms with Gasteiger partial charge in [-0.05, 0) is 35.6 Å². The summed E-state index contributed by atoms with van der Waals surface area (Å²) in [6.45, 7) is 0.120. The Labute approximate surface area is 146 Å². The second kappa shape index (κ2) is 8.39. The maximum Gasteiger partial charge on any atom is 0.246 e. The second-order valence-electron chi connectivity index (χ2n) is 5.99. The monoisotopic (exact) mass is 339 g/mol. The van der Waals surface area contributed by atoms with Crippen LogP contribution in [0.25, 0.3) is 0 Å². The number of nitrogens with one attached hydrogen (secondary N) is 2. The van der Waals surface area contributed by atoms with E-state index in [1.165, 1.54) is 11.1 Å². The van der Waals surface area contributed by atoms with Crippen LogP contribution in [0.1, 0.15) is 29.2 Å². The standard InChI is InChI=1S/C19H21N3O3/c23-18(21-11-14-4-3-9-20-10-14)12-25-13-19(24)22-17-8-7-15-5-1-2-6-16(15)17/h1-6,9-10,17H,7-8,11-13H2,(H,21,23)(H,22,24). The average Bonchev–Trinajstić information content (AvgIpc) is 3.04. The average molecular weight is 339 g/mol. The highest BCUT2D eigenvalue weighted by molar-refractivity contribution is 5.80. The number of benzene rings is 1. The topological polar surface area (TPSA) is 80.3 Å². The van der Waals surface area contributed by atoms with Gasteiger partial charge in [0.05, 0.1) is 6.04 Å². The lowest BCUT2D eigenvalue weighted by atomic mass is 10.1. The normalized spacial score (nSPS) is 15.4. The molecule has 1 heterocycles. The number of hydrogen-bond donors (Lipinski definition) is 2. The zero-order valence-electron chi connectivity index (χ0n) is 13.9. The third-order valence-electron chi connectivity index (χ3n) is 4.15. The summed E-state index contributed by atoms with van der Waals surface area (Å²) in [5, 5.41) is 5.69. The van der Waals surface area contributed by atoms with E-state index in [0.717, 1.165) is 18.4 Å². The smallest absolute Gasteiger partial charge is 0.246 e. The quantitative estimate of drug-likeness (QED) is 0.801. The van der Waals surface area contributed by atoms with E-state index < -0.39 is 0 Å². The van der Waals surface area contributed by atoms with Gasteiger partial charge in [0.15, 0.2) is 0 Å². The predicted molar refractivity (Wildman–Crippen MR) is 92.5 cm³/mol. The van der Waals surface area contributed by atoms with Crippen LogP contribution >= 0.6 is 0 Å². The molecule has 0 radical (unpaired) electrons. The number of amides is 2. The molecule has 2 N–H and O–H groups in total. The van der Waals surface area contributed by atoms with Gasteiger partial charge in [0.1, 0.15) is 13.2 Å².